The molecule has 0 unspecified atom stereocenters. The molecule has 0 radical (unpaired) electrons. The van der Waals surface area contributed by atoms with Gasteiger partial charge in [-0.1, -0.05) is 43.6 Å². The van der Waals surface area contributed by atoms with Crippen LogP contribution in [-0.4, -0.2) is 18.4 Å². The number of sulfonamides is 1. The fourth-order valence-corrected chi connectivity index (χ4v) is 3.52. The van der Waals surface area contributed by atoms with E-state index in [1.807, 2.05) is 13.8 Å². The molecule has 1 N–H and O–H groups in total. The Morgan fingerprint density at radius 3 is 2.52 bits per heavy atom. The van der Waals surface area contributed by atoms with E-state index in [-0.39, 0.29) is 26.9 Å². The van der Waals surface area contributed by atoms with Gasteiger partial charge in [-0.3, -0.25) is 4.72 Å². The summed E-state index contributed by atoms with van der Waals surface area (Å²) in [5, 5.41) is -0.0146. The summed E-state index contributed by atoms with van der Waals surface area (Å²) in [7, 11) is -3.81. The quantitative estimate of drug-likeness (QED) is 0.857. The Kier molecular flexibility index (Phi) is 4.70. The van der Waals surface area contributed by atoms with E-state index < -0.39 is 10.0 Å². The van der Waals surface area contributed by atoms with Gasteiger partial charge in [-0.05, 0) is 29.1 Å². The number of rotatable bonds is 4. The molecule has 21 heavy (non-hydrogen) atoms. The summed E-state index contributed by atoms with van der Waals surface area (Å²) >= 11 is 11.5. The monoisotopic (exact) mass is 345 g/mol. The molecule has 0 saturated heterocycles. The van der Waals surface area contributed by atoms with Crippen LogP contribution in [0.2, 0.25) is 10.3 Å². The number of aromatic nitrogens is 2. The van der Waals surface area contributed by atoms with Crippen molar-refractivity contribution in [2.45, 2.75) is 24.7 Å². The first-order valence-electron chi connectivity index (χ1n) is 6.11. The second-order valence-corrected chi connectivity index (χ2v) is 7.03. The van der Waals surface area contributed by atoms with Crippen molar-refractivity contribution in [1.29, 1.82) is 0 Å². The van der Waals surface area contributed by atoms with E-state index in [2.05, 4.69) is 14.7 Å². The Balaban J connectivity index is 2.46. The third-order valence-electron chi connectivity index (χ3n) is 2.78. The fraction of sp³-hybridized carbons (Fsp3) is 0.231. The number of benzene rings is 1. The molecular formula is C13H13Cl2N3O2S. The number of nitrogens with zero attached hydrogens (tertiary/aromatic N) is 2. The van der Waals surface area contributed by atoms with Crippen LogP contribution in [0, 0.1) is 0 Å². The van der Waals surface area contributed by atoms with E-state index in [0.717, 1.165) is 0 Å². The zero-order valence-corrected chi connectivity index (χ0v) is 13.7. The van der Waals surface area contributed by atoms with Gasteiger partial charge < -0.3 is 0 Å². The van der Waals surface area contributed by atoms with E-state index in [9.17, 15) is 8.42 Å². The van der Waals surface area contributed by atoms with Gasteiger partial charge >= 0.3 is 0 Å². The lowest BCUT2D eigenvalue weighted by Gasteiger charge is -2.14. The van der Waals surface area contributed by atoms with Crippen molar-refractivity contribution in [2.24, 2.45) is 0 Å². The number of hydrogen-bond acceptors (Lipinski definition) is 4. The number of hydrogen-bond donors (Lipinski definition) is 1. The zero-order chi connectivity index (χ0) is 15.6. The molecule has 0 aliphatic carbocycles. The van der Waals surface area contributed by atoms with Crippen molar-refractivity contribution >= 4 is 39.0 Å². The van der Waals surface area contributed by atoms with Crippen molar-refractivity contribution in [1.82, 2.24) is 9.97 Å². The van der Waals surface area contributed by atoms with Crippen molar-refractivity contribution in [3.63, 3.8) is 0 Å². The lowest BCUT2D eigenvalue weighted by Crippen LogP contribution is -2.16. The predicted octanol–water partition coefficient (Wildman–Crippen LogP) is 3.71. The van der Waals surface area contributed by atoms with Crippen LogP contribution in [0.3, 0.4) is 0 Å². The van der Waals surface area contributed by atoms with Crippen LogP contribution in [0.15, 0.2) is 35.4 Å². The molecule has 2 rings (SSSR count). The second kappa shape index (κ2) is 6.17. The van der Waals surface area contributed by atoms with E-state index in [4.69, 9.17) is 23.2 Å². The Labute approximate surface area is 133 Å². The molecule has 5 nitrogen and oxygen atoms in total. The van der Waals surface area contributed by atoms with E-state index >= 15 is 0 Å². The first-order chi connectivity index (χ1) is 9.81. The highest BCUT2D eigenvalue weighted by Crippen LogP contribution is 2.27. The van der Waals surface area contributed by atoms with Crippen LogP contribution in [0.4, 0.5) is 5.82 Å². The maximum Gasteiger partial charge on any atom is 0.263 e. The van der Waals surface area contributed by atoms with Gasteiger partial charge in [0.2, 0.25) is 5.28 Å². The molecule has 8 heteroatoms. The number of anilines is 1. The molecule has 112 valence electrons. The summed E-state index contributed by atoms with van der Waals surface area (Å²) in [6.07, 6.45) is 1.24. The van der Waals surface area contributed by atoms with Gasteiger partial charge in [0.25, 0.3) is 10.0 Å². The van der Waals surface area contributed by atoms with Gasteiger partial charge in [-0.25, -0.2) is 13.4 Å². The highest BCUT2D eigenvalue weighted by atomic mass is 35.5. The Morgan fingerprint density at radius 2 is 1.86 bits per heavy atom. The van der Waals surface area contributed by atoms with E-state index in [1.54, 1.807) is 18.2 Å². The smallest absolute Gasteiger partial charge is 0.262 e. The molecule has 0 saturated carbocycles. The van der Waals surface area contributed by atoms with Crippen LogP contribution in [0.1, 0.15) is 25.3 Å². The summed E-state index contributed by atoms with van der Waals surface area (Å²) < 4.78 is 27.4. The first-order valence-corrected chi connectivity index (χ1v) is 8.35. The summed E-state index contributed by atoms with van der Waals surface area (Å²) in [5.41, 5.74) is 0.710. The van der Waals surface area contributed by atoms with Gasteiger partial charge in [0.1, 0.15) is 5.02 Å². The largest absolute Gasteiger partial charge is 0.263 e. The SMILES string of the molecule is CC(C)c1ccccc1S(=O)(=O)Nc1nc(Cl)ncc1Cl. The lowest BCUT2D eigenvalue weighted by atomic mass is 10.0. The molecule has 2 aromatic rings. The van der Waals surface area contributed by atoms with Crippen molar-refractivity contribution in [3.05, 3.63) is 46.3 Å². The van der Waals surface area contributed by atoms with Gasteiger partial charge in [0.05, 0.1) is 11.1 Å². The molecule has 0 spiro atoms. The van der Waals surface area contributed by atoms with Crippen LogP contribution >= 0.6 is 23.2 Å². The average molecular weight is 346 g/mol. The molecule has 0 amide bonds. The zero-order valence-electron chi connectivity index (χ0n) is 11.3. The van der Waals surface area contributed by atoms with Gasteiger partial charge in [0.15, 0.2) is 5.82 Å². The Hall–Kier alpha value is -1.37. The van der Waals surface area contributed by atoms with Gasteiger partial charge in [-0.2, -0.15) is 4.98 Å². The predicted molar refractivity (Wildman–Crippen MR) is 83.4 cm³/mol. The van der Waals surface area contributed by atoms with E-state index in [1.165, 1.54) is 12.3 Å². The Bertz CT molecular complexity index is 764. The van der Waals surface area contributed by atoms with Crippen LogP contribution in [0.5, 0.6) is 0 Å². The molecule has 0 bridgehead atoms. The normalized spacial score (nSPS) is 11.7. The molecule has 1 aromatic heterocycles. The third kappa shape index (κ3) is 3.64. The summed E-state index contributed by atoms with van der Waals surface area (Å²) in [6.45, 7) is 3.84. The minimum atomic E-state index is -3.81. The van der Waals surface area contributed by atoms with Gasteiger partial charge in [-0.15, -0.1) is 0 Å². The fourth-order valence-electron chi connectivity index (χ4n) is 1.80. The molecule has 0 fully saturated rings. The minimum absolute atomic E-state index is 0.0461. The molecular weight excluding hydrogens is 333 g/mol. The topological polar surface area (TPSA) is 72.0 Å². The highest BCUT2D eigenvalue weighted by molar-refractivity contribution is 7.92. The molecule has 1 aromatic carbocycles. The van der Waals surface area contributed by atoms with Crippen LogP contribution in [-0.2, 0) is 10.0 Å². The molecule has 0 aliphatic rings. The number of halogens is 2. The number of nitrogens with one attached hydrogen (secondary N) is 1. The van der Waals surface area contributed by atoms with Gasteiger partial charge in [0, 0.05) is 0 Å². The van der Waals surface area contributed by atoms with Crippen LogP contribution < -0.4 is 4.72 Å². The Morgan fingerprint density at radius 1 is 1.19 bits per heavy atom. The summed E-state index contributed by atoms with van der Waals surface area (Å²) in [6, 6.07) is 6.76. The lowest BCUT2D eigenvalue weighted by molar-refractivity contribution is 0.598. The molecule has 0 aliphatic heterocycles. The summed E-state index contributed by atoms with van der Waals surface area (Å²) in [4.78, 5) is 7.65. The van der Waals surface area contributed by atoms with E-state index in [0.29, 0.717) is 5.56 Å². The van der Waals surface area contributed by atoms with Crippen molar-refractivity contribution in [3.8, 4) is 0 Å². The first kappa shape index (κ1) is 16.0. The highest BCUT2D eigenvalue weighted by Gasteiger charge is 2.21. The standard InChI is InChI=1S/C13H13Cl2N3O2S/c1-8(2)9-5-3-4-6-11(9)21(19,20)18-12-10(14)7-16-13(15)17-12/h3-8H,1-2H3,(H,16,17,18). The molecule has 0 atom stereocenters. The maximum absolute atomic E-state index is 12.5. The van der Waals surface area contributed by atoms with Crippen molar-refractivity contribution in [2.75, 3.05) is 4.72 Å². The van der Waals surface area contributed by atoms with Crippen LogP contribution in [0.25, 0.3) is 0 Å². The van der Waals surface area contributed by atoms with Crippen molar-refractivity contribution < 1.29 is 8.42 Å². The average Bonchev–Trinajstić information content (AvgIpc) is 2.42. The third-order valence-corrected chi connectivity index (χ3v) is 4.65. The minimum Gasteiger partial charge on any atom is -0.262 e. The maximum atomic E-state index is 12.5. The second-order valence-electron chi connectivity index (χ2n) is 4.63. The summed E-state index contributed by atoms with van der Waals surface area (Å²) in [5.74, 6) is 0.0115. The molecule has 1 heterocycles.